The van der Waals surface area contributed by atoms with Crippen LogP contribution in [0.3, 0.4) is 0 Å². The van der Waals surface area contributed by atoms with Crippen molar-refractivity contribution in [2.45, 2.75) is 19.3 Å². The lowest BCUT2D eigenvalue weighted by Crippen LogP contribution is -2.27. The number of halogens is 1. The summed E-state index contributed by atoms with van der Waals surface area (Å²) in [6.07, 6.45) is 0.293. The van der Waals surface area contributed by atoms with E-state index in [9.17, 15) is 14.0 Å². The second kappa shape index (κ2) is 8.99. The number of amides is 2. The van der Waals surface area contributed by atoms with Gasteiger partial charge in [-0.2, -0.15) is 0 Å². The van der Waals surface area contributed by atoms with E-state index in [0.29, 0.717) is 17.9 Å². The second-order valence-electron chi connectivity index (χ2n) is 6.31. The van der Waals surface area contributed by atoms with Gasteiger partial charge in [-0.15, -0.1) is 0 Å². The molecule has 0 radical (unpaired) electrons. The van der Waals surface area contributed by atoms with Crippen LogP contribution in [0.4, 0.5) is 10.1 Å². The number of hydrogen-bond acceptors (Lipinski definition) is 3. The zero-order valence-electron chi connectivity index (χ0n) is 15.2. The summed E-state index contributed by atoms with van der Waals surface area (Å²) in [6, 6.07) is 13.0. The number of nitrogens with zero attached hydrogens (tertiary/aromatic N) is 1. The normalized spacial score (nSPS) is 11.5. The number of hydrogen-bond donors (Lipinski definition) is 1. The molecule has 0 heterocycles. The molecule has 0 saturated carbocycles. The van der Waals surface area contributed by atoms with Gasteiger partial charge >= 0.3 is 0 Å². The minimum absolute atomic E-state index is 0.0183. The van der Waals surface area contributed by atoms with Crippen molar-refractivity contribution in [2.75, 3.05) is 26.0 Å². The van der Waals surface area contributed by atoms with E-state index in [1.807, 2.05) is 6.92 Å². The highest BCUT2D eigenvalue weighted by molar-refractivity contribution is 5.91. The molecule has 0 aliphatic heterocycles. The van der Waals surface area contributed by atoms with Gasteiger partial charge in [-0.3, -0.25) is 9.59 Å². The van der Waals surface area contributed by atoms with Crippen molar-refractivity contribution >= 4 is 17.5 Å². The molecular weight excluding hydrogens is 335 g/mol. The van der Waals surface area contributed by atoms with Crippen molar-refractivity contribution < 1.29 is 18.7 Å². The first-order valence-electron chi connectivity index (χ1n) is 8.33. The summed E-state index contributed by atoms with van der Waals surface area (Å²) in [5.74, 6) is -0.0106. The molecule has 0 fully saturated rings. The zero-order chi connectivity index (χ0) is 19.1. The average molecular weight is 358 g/mol. The Kier molecular flexibility index (Phi) is 6.72. The van der Waals surface area contributed by atoms with Crippen LogP contribution in [0.5, 0.6) is 5.75 Å². The number of rotatable bonds is 7. The highest BCUT2D eigenvalue weighted by Crippen LogP contribution is 2.21. The summed E-state index contributed by atoms with van der Waals surface area (Å²) in [6.45, 7) is 1.89. The summed E-state index contributed by atoms with van der Waals surface area (Å²) in [7, 11) is 3.33. The fourth-order valence-corrected chi connectivity index (χ4v) is 2.31. The standard InChI is InChI=1S/C20H23FN2O3/c1-14(15-4-6-16(21)7-5-15)12-19(24)22-17-8-10-18(11-9-17)26-13-20(25)23(2)3/h4-11,14H,12-13H2,1-3H3,(H,22,24). The zero-order valence-corrected chi connectivity index (χ0v) is 15.2. The summed E-state index contributed by atoms with van der Waals surface area (Å²) in [5, 5.41) is 2.82. The summed E-state index contributed by atoms with van der Waals surface area (Å²) in [5.41, 5.74) is 1.56. The van der Waals surface area contributed by atoms with Crippen LogP contribution in [0.15, 0.2) is 48.5 Å². The molecule has 6 heteroatoms. The molecule has 1 unspecified atom stereocenters. The summed E-state index contributed by atoms with van der Waals surface area (Å²) < 4.78 is 18.3. The second-order valence-corrected chi connectivity index (χ2v) is 6.31. The average Bonchev–Trinajstić information content (AvgIpc) is 2.61. The van der Waals surface area contributed by atoms with Gasteiger partial charge in [0.15, 0.2) is 6.61 Å². The molecule has 0 aliphatic carbocycles. The Balaban J connectivity index is 1.85. The van der Waals surface area contributed by atoms with E-state index in [2.05, 4.69) is 5.32 Å². The van der Waals surface area contributed by atoms with Crippen LogP contribution in [0.2, 0.25) is 0 Å². The number of ether oxygens (including phenoxy) is 1. The van der Waals surface area contributed by atoms with Crippen molar-refractivity contribution in [3.8, 4) is 5.75 Å². The molecule has 1 N–H and O–H groups in total. The van der Waals surface area contributed by atoms with E-state index >= 15 is 0 Å². The molecule has 0 bridgehead atoms. The molecule has 0 spiro atoms. The first kappa shape index (κ1) is 19.4. The van der Waals surface area contributed by atoms with E-state index in [1.165, 1.54) is 17.0 Å². The predicted molar refractivity (Wildman–Crippen MR) is 98.7 cm³/mol. The molecule has 5 nitrogen and oxygen atoms in total. The number of carbonyl (C=O) groups excluding carboxylic acids is 2. The van der Waals surface area contributed by atoms with Gasteiger partial charge in [0.1, 0.15) is 11.6 Å². The number of anilines is 1. The fourth-order valence-electron chi connectivity index (χ4n) is 2.31. The molecule has 2 rings (SSSR count). The minimum atomic E-state index is -0.292. The first-order valence-corrected chi connectivity index (χ1v) is 8.33. The Morgan fingerprint density at radius 3 is 2.27 bits per heavy atom. The summed E-state index contributed by atoms with van der Waals surface area (Å²) in [4.78, 5) is 25.1. The van der Waals surface area contributed by atoms with Gasteiger partial charge in [-0.25, -0.2) is 4.39 Å². The van der Waals surface area contributed by atoms with Crippen LogP contribution >= 0.6 is 0 Å². The highest BCUT2D eigenvalue weighted by Gasteiger charge is 2.12. The third-order valence-electron chi connectivity index (χ3n) is 3.93. The molecule has 1 atom stereocenters. The van der Waals surface area contributed by atoms with Crippen molar-refractivity contribution in [1.29, 1.82) is 0 Å². The van der Waals surface area contributed by atoms with Crippen molar-refractivity contribution in [2.24, 2.45) is 0 Å². The third-order valence-corrected chi connectivity index (χ3v) is 3.93. The molecule has 0 saturated heterocycles. The first-order chi connectivity index (χ1) is 12.3. The molecule has 26 heavy (non-hydrogen) atoms. The maximum Gasteiger partial charge on any atom is 0.259 e. The van der Waals surface area contributed by atoms with Gasteiger partial charge in [0.05, 0.1) is 0 Å². The maximum atomic E-state index is 13.0. The van der Waals surface area contributed by atoms with Gasteiger partial charge < -0.3 is 15.0 Å². The Morgan fingerprint density at radius 1 is 1.08 bits per heavy atom. The Labute approximate surface area is 152 Å². The van der Waals surface area contributed by atoms with E-state index in [-0.39, 0.29) is 30.2 Å². The van der Waals surface area contributed by atoms with E-state index in [1.54, 1.807) is 50.5 Å². The molecule has 0 aromatic heterocycles. The Hall–Kier alpha value is -2.89. The molecule has 2 aromatic carbocycles. The van der Waals surface area contributed by atoms with Crippen molar-refractivity contribution in [3.05, 3.63) is 59.9 Å². The highest BCUT2D eigenvalue weighted by atomic mass is 19.1. The lowest BCUT2D eigenvalue weighted by Gasteiger charge is -2.13. The van der Waals surface area contributed by atoms with Crippen LogP contribution in [0, 0.1) is 5.82 Å². The van der Waals surface area contributed by atoms with Crippen LogP contribution < -0.4 is 10.1 Å². The largest absolute Gasteiger partial charge is 0.484 e. The fraction of sp³-hybridized carbons (Fsp3) is 0.300. The Morgan fingerprint density at radius 2 is 1.69 bits per heavy atom. The van der Waals surface area contributed by atoms with E-state index < -0.39 is 0 Å². The van der Waals surface area contributed by atoms with Crippen molar-refractivity contribution in [3.63, 3.8) is 0 Å². The topological polar surface area (TPSA) is 58.6 Å². The van der Waals surface area contributed by atoms with Crippen LogP contribution in [0.1, 0.15) is 24.8 Å². The van der Waals surface area contributed by atoms with Crippen LogP contribution in [-0.4, -0.2) is 37.4 Å². The number of carbonyl (C=O) groups is 2. The third kappa shape index (κ3) is 5.88. The molecule has 138 valence electrons. The maximum absolute atomic E-state index is 13.0. The van der Waals surface area contributed by atoms with Gasteiger partial charge in [0, 0.05) is 26.2 Å². The lowest BCUT2D eigenvalue weighted by molar-refractivity contribution is -0.130. The molecule has 0 aliphatic rings. The predicted octanol–water partition coefficient (Wildman–Crippen LogP) is 3.43. The smallest absolute Gasteiger partial charge is 0.259 e. The van der Waals surface area contributed by atoms with Gasteiger partial charge in [0.25, 0.3) is 5.91 Å². The lowest BCUT2D eigenvalue weighted by atomic mass is 9.97. The molecule has 2 amide bonds. The number of likely N-dealkylation sites (N-methyl/N-ethyl adjacent to an activating group) is 1. The summed E-state index contributed by atoms with van der Waals surface area (Å²) >= 11 is 0. The van der Waals surface area contributed by atoms with Crippen LogP contribution in [0.25, 0.3) is 0 Å². The number of benzene rings is 2. The molecular formula is C20H23FN2O3. The van der Waals surface area contributed by atoms with E-state index in [4.69, 9.17) is 4.74 Å². The van der Waals surface area contributed by atoms with E-state index in [0.717, 1.165) is 5.56 Å². The number of nitrogens with one attached hydrogen (secondary N) is 1. The van der Waals surface area contributed by atoms with Gasteiger partial charge in [-0.1, -0.05) is 19.1 Å². The van der Waals surface area contributed by atoms with Gasteiger partial charge in [0.2, 0.25) is 5.91 Å². The van der Waals surface area contributed by atoms with Crippen LogP contribution in [-0.2, 0) is 9.59 Å². The quantitative estimate of drug-likeness (QED) is 0.825. The van der Waals surface area contributed by atoms with Gasteiger partial charge in [-0.05, 0) is 47.9 Å². The Bertz CT molecular complexity index is 743. The SMILES string of the molecule is CC(CC(=O)Nc1ccc(OCC(=O)N(C)C)cc1)c1ccc(F)cc1. The molecule has 2 aromatic rings. The monoisotopic (exact) mass is 358 g/mol. The van der Waals surface area contributed by atoms with Crippen molar-refractivity contribution in [1.82, 2.24) is 4.90 Å². The minimum Gasteiger partial charge on any atom is -0.484 e.